The molecule has 0 heterocycles. The summed E-state index contributed by atoms with van der Waals surface area (Å²) in [4.78, 5) is 11.1. The number of carbonyl (C=O) groups is 1. The zero-order chi connectivity index (χ0) is 11.4. The summed E-state index contributed by atoms with van der Waals surface area (Å²) >= 11 is 5.58. The van der Waals surface area contributed by atoms with Gasteiger partial charge in [-0.25, -0.2) is 4.39 Å². The Bertz CT molecular complexity index is 379. The van der Waals surface area contributed by atoms with E-state index in [9.17, 15) is 9.18 Å². The van der Waals surface area contributed by atoms with Crippen LogP contribution in [0.1, 0.15) is 12.5 Å². The van der Waals surface area contributed by atoms with Gasteiger partial charge in [0.1, 0.15) is 11.6 Å². The number of benzene rings is 1. The Morgan fingerprint density at radius 3 is 2.87 bits per heavy atom. The molecule has 0 aliphatic heterocycles. The normalized spacial score (nSPS) is 10.1. The predicted molar refractivity (Wildman–Crippen MR) is 53.4 cm³/mol. The lowest BCUT2D eigenvalue weighted by molar-refractivity contribution is -0.142. The zero-order valence-corrected chi connectivity index (χ0v) is 8.84. The number of phenolic OH excluding ortho intramolecular Hbond substituents is 1. The van der Waals surface area contributed by atoms with Crippen LogP contribution in [0.2, 0.25) is 5.02 Å². The Labute approximate surface area is 91.4 Å². The number of hydrogen-bond donors (Lipinski definition) is 1. The fourth-order valence-electron chi connectivity index (χ4n) is 1.08. The number of hydrogen-bond acceptors (Lipinski definition) is 3. The van der Waals surface area contributed by atoms with Gasteiger partial charge in [-0.1, -0.05) is 11.6 Å². The number of esters is 1. The van der Waals surface area contributed by atoms with Gasteiger partial charge < -0.3 is 9.84 Å². The third-order valence-electron chi connectivity index (χ3n) is 1.76. The molecule has 0 bridgehead atoms. The predicted octanol–water partition coefficient (Wildman–Crippen LogP) is 2.29. The summed E-state index contributed by atoms with van der Waals surface area (Å²) in [7, 11) is 0. The summed E-state index contributed by atoms with van der Waals surface area (Å²) in [6.45, 7) is 1.91. The summed E-state index contributed by atoms with van der Waals surface area (Å²) in [5, 5.41) is 9.08. The molecule has 0 aromatic heterocycles. The maximum atomic E-state index is 13.2. The van der Waals surface area contributed by atoms with Crippen molar-refractivity contribution < 1.29 is 19.0 Å². The topological polar surface area (TPSA) is 46.5 Å². The molecule has 0 radical (unpaired) electrons. The molecule has 0 atom stereocenters. The molecular formula is C10H10ClFO3. The van der Waals surface area contributed by atoms with Crippen molar-refractivity contribution in [2.75, 3.05) is 6.61 Å². The molecule has 0 unspecified atom stereocenters. The largest absolute Gasteiger partial charge is 0.506 e. The van der Waals surface area contributed by atoms with Crippen molar-refractivity contribution in [1.29, 1.82) is 0 Å². The van der Waals surface area contributed by atoms with E-state index in [0.717, 1.165) is 6.07 Å². The fraction of sp³-hybridized carbons (Fsp3) is 0.300. The van der Waals surface area contributed by atoms with Crippen LogP contribution < -0.4 is 0 Å². The SMILES string of the molecule is CCOC(=O)Cc1cc(Cl)c(O)cc1F. The van der Waals surface area contributed by atoms with Crippen LogP contribution in [0.3, 0.4) is 0 Å². The molecule has 0 saturated carbocycles. The van der Waals surface area contributed by atoms with Crippen LogP contribution in [-0.2, 0) is 16.0 Å². The maximum Gasteiger partial charge on any atom is 0.310 e. The third kappa shape index (κ3) is 3.09. The van der Waals surface area contributed by atoms with E-state index in [2.05, 4.69) is 4.74 Å². The third-order valence-corrected chi connectivity index (χ3v) is 2.06. The average Bonchev–Trinajstić information content (AvgIpc) is 2.14. The molecule has 0 fully saturated rings. The first-order chi connectivity index (χ1) is 7.04. The van der Waals surface area contributed by atoms with E-state index in [0.29, 0.717) is 0 Å². The summed E-state index contributed by atoms with van der Waals surface area (Å²) < 4.78 is 17.9. The number of ether oxygens (including phenoxy) is 1. The van der Waals surface area contributed by atoms with Crippen LogP contribution >= 0.6 is 11.6 Å². The van der Waals surface area contributed by atoms with Crippen molar-refractivity contribution in [3.63, 3.8) is 0 Å². The number of carbonyl (C=O) groups excluding carboxylic acids is 1. The van der Waals surface area contributed by atoms with Gasteiger partial charge in [-0.15, -0.1) is 0 Å². The number of rotatable bonds is 3. The van der Waals surface area contributed by atoms with Gasteiger partial charge in [-0.2, -0.15) is 0 Å². The van der Waals surface area contributed by atoms with E-state index in [-0.39, 0.29) is 29.4 Å². The van der Waals surface area contributed by atoms with Crippen LogP contribution in [0.25, 0.3) is 0 Å². The van der Waals surface area contributed by atoms with E-state index < -0.39 is 11.8 Å². The van der Waals surface area contributed by atoms with Gasteiger partial charge in [0.2, 0.25) is 0 Å². The van der Waals surface area contributed by atoms with Crippen molar-refractivity contribution in [3.05, 3.63) is 28.5 Å². The van der Waals surface area contributed by atoms with Crippen LogP contribution in [0.4, 0.5) is 4.39 Å². The van der Waals surface area contributed by atoms with E-state index in [1.165, 1.54) is 6.07 Å². The van der Waals surface area contributed by atoms with Gasteiger partial charge in [-0.3, -0.25) is 4.79 Å². The van der Waals surface area contributed by atoms with Crippen molar-refractivity contribution in [1.82, 2.24) is 0 Å². The molecule has 0 spiro atoms. The van der Waals surface area contributed by atoms with E-state index in [1.807, 2.05) is 0 Å². The van der Waals surface area contributed by atoms with Crippen LogP contribution in [0.5, 0.6) is 5.75 Å². The molecule has 1 N–H and O–H groups in total. The molecule has 1 rings (SSSR count). The molecule has 0 aliphatic carbocycles. The first-order valence-corrected chi connectivity index (χ1v) is 4.75. The molecule has 1 aromatic rings. The molecule has 1 aromatic carbocycles. The van der Waals surface area contributed by atoms with Crippen molar-refractivity contribution in [3.8, 4) is 5.75 Å². The highest BCUT2D eigenvalue weighted by molar-refractivity contribution is 6.32. The molecule has 3 nitrogen and oxygen atoms in total. The maximum absolute atomic E-state index is 13.2. The highest BCUT2D eigenvalue weighted by Gasteiger charge is 2.12. The molecule has 0 amide bonds. The van der Waals surface area contributed by atoms with Crippen LogP contribution in [0, 0.1) is 5.82 Å². The number of aromatic hydroxyl groups is 1. The van der Waals surface area contributed by atoms with Crippen molar-refractivity contribution in [2.45, 2.75) is 13.3 Å². The smallest absolute Gasteiger partial charge is 0.310 e. The minimum absolute atomic E-state index is 0.00991. The van der Waals surface area contributed by atoms with Gasteiger partial charge in [0.05, 0.1) is 18.1 Å². The van der Waals surface area contributed by atoms with E-state index in [1.54, 1.807) is 6.92 Å². The molecule has 0 saturated heterocycles. The van der Waals surface area contributed by atoms with Gasteiger partial charge in [0.15, 0.2) is 0 Å². The lowest BCUT2D eigenvalue weighted by Crippen LogP contribution is -2.08. The molecule has 15 heavy (non-hydrogen) atoms. The van der Waals surface area contributed by atoms with Gasteiger partial charge in [0, 0.05) is 11.6 Å². The minimum Gasteiger partial charge on any atom is -0.506 e. The Morgan fingerprint density at radius 1 is 1.60 bits per heavy atom. The number of phenols is 1. The molecule has 5 heteroatoms. The van der Waals surface area contributed by atoms with Crippen LogP contribution in [0.15, 0.2) is 12.1 Å². The lowest BCUT2D eigenvalue weighted by Gasteiger charge is -2.05. The first-order valence-electron chi connectivity index (χ1n) is 4.37. The Kier molecular flexibility index (Phi) is 3.91. The summed E-state index contributed by atoms with van der Waals surface area (Å²) in [5.74, 6) is -1.55. The Hall–Kier alpha value is -1.29. The lowest BCUT2D eigenvalue weighted by atomic mass is 10.1. The zero-order valence-electron chi connectivity index (χ0n) is 8.09. The van der Waals surface area contributed by atoms with Crippen molar-refractivity contribution >= 4 is 17.6 Å². The highest BCUT2D eigenvalue weighted by atomic mass is 35.5. The van der Waals surface area contributed by atoms with Gasteiger partial charge >= 0.3 is 5.97 Å². The molecule has 82 valence electrons. The second kappa shape index (κ2) is 4.98. The second-order valence-corrected chi connectivity index (χ2v) is 3.28. The minimum atomic E-state index is -0.676. The average molecular weight is 233 g/mol. The Balaban J connectivity index is 2.86. The Morgan fingerprint density at radius 2 is 2.27 bits per heavy atom. The van der Waals surface area contributed by atoms with Crippen molar-refractivity contribution in [2.24, 2.45) is 0 Å². The standard InChI is InChI=1S/C10H10ClFO3/c1-2-15-10(14)4-6-3-7(11)9(13)5-8(6)12/h3,5,13H,2,4H2,1H3. The van der Waals surface area contributed by atoms with Crippen LogP contribution in [-0.4, -0.2) is 17.7 Å². The summed E-state index contributed by atoms with van der Waals surface area (Å²) in [5.41, 5.74) is 0.108. The highest BCUT2D eigenvalue weighted by Crippen LogP contribution is 2.26. The quantitative estimate of drug-likeness (QED) is 0.814. The first kappa shape index (κ1) is 11.8. The monoisotopic (exact) mass is 232 g/mol. The van der Waals surface area contributed by atoms with E-state index in [4.69, 9.17) is 16.7 Å². The number of halogens is 2. The van der Waals surface area contributed by atoms with Gasteiger partial charge in [0.25, 0.3) is 0 Å². The summed E-state index contributed by atoms with van der Waals surface area (Å²) in [6.07, 6.45) is -0.195. The van der Waals surface area contributed by atoms with E-state index >= 15 is 0 Å². The van der Waals surface area contributed by atoms with Gasteiger partial charge in [-0.05, 0) is 13.0 Å². The molecule has 0 aliphatic rings. The summed E-state index contributed by atoms with van der Waals surface area (Å²) in [6, 6.07) is 2.08. The second-order valence-electron chi connectivity index (χ2n) is 2.88. The fourth-order valence-corrected chi connectivity index (χ4v) is 1.27. The molecular weight excluding hydrogens is 223 g/mol.